The van der Waals surface area contributed by atoms with E-state index in [9.17, 15) is 0 Å². The van der Waals surface area contributed by atoms with Crippen molar-refractivity contribution in [3.63, 3.8) is 0 Å². The predicted octanol–water partition coefficient (Wildman–Crippen LogP) is 10.9. The van der Waals surface area contributed by atoms with Gasteiger partial charge in [0.25, 0.3) is 0 Å². The maximum Gasteiger partial charge on any atom is 0.194 e. The van der Waals surface area contributed by atoms with Crippen molar-refractivity contribution in [2.45, 2.75) is 134 Å². The van der Waals surface area contributed by atoms with E-state index in [0.29, 0.717) is 0 Å². The van der Waals surface area contributed by atoms with Crippen LogP contribution >= 0.6 is 0 Å². The fourth-order valence-electron chi connectivity index (χ4n) is 6.33. The second-order valence-corrected chi connectivity index (χ2v) is 12.2. The minimum atomic E-state index is -0.609. The van der Waals surface area contributed by atoms with Crippen LogP contribution < -0.4 is 0 Å². The molecule has 0 aromatic heterocycles. The fourth-order valence-corrected chi connectivity index (χ4v) is 6.33. The fraction of sp³-hybridized carbons (Fsp3) is 0.684. The monoisotopic (exact) mass is 582 g/mol. The Kier molecular flexibility index (Phi) is 19.0. The van der Waals surface area contributed by atoms with Crippen LogP contribution in [-0.2, 0) is 30.5 Å². The second-order valence-electron chi connectivity index (χ2n) is 12.2. The summed E-state index contributed by atoms with van der Waals surface area (Å²) in [6.45, 7) is 2.45. The van der Waals surface area contributed by atoms with E-state index in [1.54, 1.807) is 28.4 Å². The molecule has 0 fully saturated rings. The number of ether oxygens (including phenoxy) is 4. The summed E-state index contributed by atoms with van der Waals surface area (Å²) in [5.74, 6) is -0.349. The third-order valence-electron chi connectivity index (χ3n) is 9.15. The molecule has 0 unspecified atom stereocenters. The van der Waals surface area contributed by atoms with Crippen molar-refractivity contribution in [2.24, 2.45) is 5.92 Å². The summed E-state index contributed by atoms with van der Waals surface area (Å²) in [6, 6.07) is 20.7. The van der Waals surface area contributed by atoms with Gasteiger partial charge < -0.3 is 18.9 Å². The lowest BCUT2D eigenvalue weighted by Gasteiger charge is -2.31. The average Bonchev–Trinajstić information content (AvgIpc) is 3.04. The van der Waals surface area contributed by atoms with E-state index >= 15 is 0 Å². The Labute approximate surface area is 258 Å². The Morgan fingerprint density at radius 2 is 0.714 bits per heavy atom. The van der Waals surface area contributed by atoms with Gasteiger partial charge in [-0.3, -0.25) is 0 Å². The molecule has 0 amide bonds. The molecule has 0 spiro atoms. The summed E-state index contributed by atoms with van der Waals surface area (Å²) in [5, 5.41) is 0. The normalized spacial score (nSPS) is 12.3. The first kappa shape index (κ1) is 36.5. The Morgan fingerprint density at radius 1 is 0.429 bits per heavy atom. The van der Waals surface area contributed by atoms with Crippen LogP contribution in [0.5, 0.6) is 0 Å². The van der Waals surface area contributed by atoms with Crippen LogP contribution in [-0.4, -0.2) is 28.4 Å². The van der Waals surface area contributed by atoms with E-state index in [1.807, 2.05) is 12.1 Å². The molecule has 4 nitrogen and oxygen atoms in total. The SMILES string of the molecule is COC(CCCCCCCCCC(C)CCCCCCCCCC(OC)(OC)c1ccccc1)(OC)c1ccccc1. The third-order valence-corrected chi connectivity index (χ3v) is 9.15. The Balaban J connectivity index is 1.41. The van der Waals surface area contributed by atoms with E-state index in [-0.39, 0.29) is 0 Å². The minimum absolute atomic E-state index is 0.609. The number of hydrogen-bond donors (Lipinski definition) is 0. The molecular weight excluding hydrogens is 520 g/mol. The Hall–Kier alpha value is -1.72. The van der Waals surface area contributed by atoms with Crippen molar-refractivity contribution >= 4 is 0 Å². The van der Waals surface area contributed by atoms with Gasteiger partial charge in [0, 0.05) is 52.4 Å². The molecule has 4 heteroatoms. The number of methoxy groups -OCH3 is 4. The zero-order valence-corrected chi connectivity index (χ0v) is 27.7. The van der Waals surface area contributed by atoms with Crippen LogP contribution in [0.4, 0.5) is 0 Å². The van der Waals surface area contributed by atoms with Crippen LogP contribution in [0, 0.1) is 5.92 Å². The summed E-state index contributed by atoms with van der Waals surface area (Å²) in [6.07, 6.45) is 22.9. The van der Waals surface area contributed by atoms with E-state index in [1.165, 1.54) is 89.9 Å². The second kappa shape index (κ2) is 21.9. The molecule has 238 valence electrons. The van der Waals surface area contributed by atoms with Gasteiger partial charge in [0.2, 0.25) is 0 Å². The maximum absolute atomic E-state index is 5.82. The molecule has 0 aliphatic heterocycles. The van der Waals surface area contributed by atoms with Crippen LogP contribution in [0.2, 0.25) is 0 Å². The number of rotatable bonds is 26. The number of benzene rings is 2. The van der Waals surface area contributed by atoms with Crippen molar-refractivity contribution in [1.29, 1.82) is 0 Å². The number of unbranched alkanes of at least 4 members (excludes halogenated alkanes) is 12. The van der Waals surface area contributed by atoms with Crippen molar-refractivity contribution in [3.8, 4) is 0 Å². The lowest BCUT2D eigenvalue weighted by molar-refractivity contribution is -0.221. The Bertz CT molecular complexity index is 803. The molecule has 0 heterocycles. The van der Waals surface area contributed by atoms with Gasteiger partial charge in [0.05, 0.1) is 0 Å². The van der Waals surface area contributed by atoms with Crippen LogP contribution in [0.3, 0.4) is 0 Å². The molecule has 0 saturated carbocycles. The largest absolute Gasteiger partial charge is 0.349 e. The van der Waals surface area contributed by atoms with Gasteiger partial charge in [-0.15, -0.1) is 0 Å². The van der Waals surface area contributed by atoms with Gasteiger partial charge in [0.1, 0.15) is 0 Å². The molecule has 0 saturated heterocycles. The van der Waals surface area contributed by atoms with Crippen molar-refractivity contribution in [3.05, 3.63) is 71.8 Å². The molecule has 2 aromatic rings. The summed E-state index contributed by atoms with van der Waals surface area (Å²) in [7, 11) is 7.01. The van der Waals surface area contributed by atoms with Gasteiger partial charge in [-0.1, -0.05) is 157 Å². The molecule has 0 aliphatic carbocycles. The molecular formula is C38H62O4. The molecule has 2 rings (SSSR count). The molecule has 0 bridgehead atoms. The van der Waals surface area contributed by atoms with Crippen LogP contribution in [0.15, 0.2) is 60.7 Å². The Morgan fingerprint density at radius 3 is 1.02 bits per heavy atom. The van der Waals surface area contributed by atoms with Crippen molar-refractivity contribution < 1.29 is 18.9 Å². The first-order valence-electron chi connectivity index (χ1n) is 16.9. The molecule has 0 atom stereocenters. The average molecular weight is 583 g/mol. The lowest BCUT2D eigenvalue weighted by Crippen LogP contribution is -2.30. The predicted molar refractivity (Wildman–Crippen MR) is 177 cm³/mol. The maximum atomic E-state index is 5.82. The first-order valence-corrected chi connectivity index (χ1v) is 16.9. The highest BCUT2D eigenvalue weighted by atomic mass is 16.7. The van der Waals surface area contributed by atoms with E-state index in [4.69, 9.17) is 18.9 Å². The quantitative estimate of drug-likeness (QED) is 0.0816. The topological polar surface area (TPSA) is 36.9 Å². The summed E-state index contributed by atoms with van der Waals surface area (Å²) in [5.41, 5.74) is 2.21. The lowest BCUT2D eigenvalue weighted by atomic mass is 9.95. The van der Waals surface area contributed by atoms with Gasteiger partial charge in [0.15, 0.2) is 11.6 Å². The zero-order valence-electron chi connectivity index (χ0n) is 27.7. The highest BCUT2D eigenvalue weighted by molar-refractivity contribution is 5.21. The van der Waals surface area contributed by atoms with E-state index in [2.05, 4.69) is 55.5 Å². The molecule has 0 radical (unpaired) electrons. The highest BCUT2D eigenvalue weighted by Crippen LogP contribution is 2.33. The van der Waals surface area contributed by atoms with Crippen LogP contribution in [0.1, 0.15) is 134 Å². The summed E-state index contributed by atoms with van der Waals surface area (Å²) in [4.78, 5) is 0. The van der Waals surface area contributed by atoms with E-state index < -0.39 is 11.6 Å². The smallest absolute Gasteiger partial charge is 0.194 e. The van der Waals surface area contributed by atoms with Crippen molar-refractivity contribution in [1.82, 2.24) is 0 Å². The summed E-state index contributed by atoms with van der Waals surface area (Å²) < 4.78 is 23.3. The van der Waals surface area contributed by atoms with Crippen LogP contribution in [0.25, 0.3) is 0 Å². The zero-order chi connectivity index (χ0) is 30.4. The molecule has 0 N–H and O–H groups in total. The molecule has 0 aliphatic rings. The minimum Gasteiger partial charge on any atom is -0.349 e. The molecule has 2 aromatic carbocycles. The van der Waals surface area contributed by atoms with E-state index in [0.717, 1.165) is 42.7 Å². The highest BCUT2D eigenvalue weighted by Gasteiger charge is 2.32. The number of hydrogen-bond acceptors (Lipinski definition) is 4. The first-order chi connectivity index (χ1) is 20.6. The van der Waals surface area contributed by atoms with Gasteiger partial charge in [-0.2, -0.15) is 0 Å². The standard InChI is InChI=1S/C38H62O4/c1-34(26-18-12-8-6-10-14-24-32-37(39-2,40-3)35-28-20-16-21-29-35)27-19-13-9-7-11-15-25-33-38(41-4,42-5)36-30-22-17-23-31-36/h16-17,20-23,28-31,34H,6-15,18-19,24-27,32-33H2,1-5H3. The van der Waals surface area contributed by atoms with Crippen molar-refractivity contribution in [2.75, 3.05) is 28.4 Å². The summed E-state index contributed by atoms with van der Waals surface area (Å²) >= 11 is 0. The van der Waals surface area contributed by atoms with Gasteiger partial charge in [-0.05, 0) is 18.8 Å². The van der Waals surface area contributed by atoms with Gasteiger partial charge in [-0.25, -0.2) is 0 Å². The third kappa shape index (κ3) is 12.9. The van der Waals surface area contributed by atoms with Gasteiger partial charge >= 0.3 is 0 Å². The molecule has 42 heavy (non-hydrogen) atoms.